The molecule has 0 atom stereocenters. The summed E-state index contributed by atoms with van der Waals surface area (Å²) in [5.74, 6) is 0. The Morgan fingerprint density at radius 3 is 0.400 bits per heavy atom. The molecule has 0 aromatic rings. The molecule has 0 N–H and O–H groups in total. The molecule has 2 radical (unpaired) electrons. The van der Waals surface area contributed by atoms with Crippen molar-refractivity contribution in [3.05, 3.63) is 0 Å². The number of hydrogen-bond acceptors (Lipinski definition) is 0. The van der Waals surface area contributed by atoms with Crippen LogP contribution in [-0.2, 0) is 40.5 Å². The van der Waals surface area contributed by atoms with E-state index in [-0.39, 0.29) is 69.1 Å². The van der Waals surface area contributed by atoms with Crippen molar-refractivity contribution in [2.45, 2.75) is 0 Å². The fourth-order valence-corrected chi connectivity index (χ4v) is 0. The van der Waals surface area contributed by atoms with Crippen LogP contribution in [0.1, 0.15) is 0 Å². The van der Waals surface area contributed by atoms with Gasteiger partial charge in [0.05, 0.1) is 0 Å². The molecule has 5 heteroatoms. The predicted molar refractivity (Wildman–Crippen MR) is 22.1 cm³/mol. The molecule has 0 saturated heterocycles. The minimum Gasteiger partial charge on any atom is -2.00 e. The molecule has 0 rings (SSSR count). The van der Waals surface area contributed by atoms with Crippen molar-refractivity contribution >= 4 is 40.5 Å². The van der Waals surface area contributed by atoms with Crippen molar-refractivity contribution in [2.75, 3.05) is 0 Å². The topological polar surface area (TPSA) is 0 Å². The molecule has 0 amide bonds. The molecule has 38 valence electrons. The van der Waals surface area contributed by atoms with Crippen LogP contribution in [0.3, 0.4) is 0 Å². The van der Waals surface area contributed by atoms with E-state index in [9.17, 15) is 0 Å². The zero-order valence-electron chi connectivity index (χ0n) is 1.98. The molecular formula is Am2S3-6. The molecule has 0 aliphatic heterocycles. The molecule has 0 fully saturated rings. The fourth-order valence-electron chi connectivity index (χ4n) is 0. The average Bonchev–Trinajstić information content (AvgIpc) is 0. The summed E-state index contributed by atoms with van der Waals surface area (Å²) in [5, 5.41) is 0. The van der Waals surface area contributed by atoms with Crippen LogP contribution in [0.15, 0.2) is 0 Å². The second-order valence-corrected chi connectivity index (χ2v) is 0. The largest absolute Gasteiger partial charge is 2.00 e. The van der Waals surface area contributed by atoms with E-state index in [1.165, 1.54) is 0 Å². The smallest absolute Gasteiger partial charge is 0 e. The first-order chi connectivity index (χ1) is 0. The maximum absolute atomic E-state index is 0. The minimum atomic E-state index is 0. The second-order valence-electron chi connectivity index (χ2n) is 0. The number of rotatable bonds is 0. The van der Waals surface area contributed by atoms with Gasteiger partial charge in [-0.25, -0.2) is 0 Å². The van der Waals surface area contributed by atoms with Crippen LogP contribution in [0.25, 0.3) is 0 Å². The van der Waals surface area contributed by atoms with Gasteiger partial charge in [0.2, 0.25) is 0 Å². The SMILES string of the molecule is [Am].[Am].[S-2].[S-2].[S-2]. The zero-order chi connectivity index (χ0) is 0. The van der Waals surface area contributed by atoms with Crippen molar-refractivity contribution in [3.63, 3.8) is 0 Å². The third-order valence-electron chi connectivity index (χ3n) is 0. The Labute approximate surface area is 68.8 Å². The summed E-state index contributed by atoms with van der Waals surface area (Å²) in [6.45, 7) is 0. The van der Waals surface area contributed by atoms with Crippen LogP contribution in [0.5, 0.6) is 0 Å². The van der Waals surface area contributed by atoms with Gasteiger partial charge >= 0.3 is 0 Å². The van der Waals surface area contributed by atoms with Gasteiger partial charge in [-0.1, -0.05) is 0 Å². The Bertz CT molecular complexity index is 4.85. The molecule has 0 bridgehead atoms. The van der Waals surface area contributed by atoms with E-state index in [0.717, 1.165) is 0 Å². The summed E-state index contributed by atoms with van der Waals surface area (Å²) in [4.78, 5) is 0. The van der Waals surface area contributed by atoms with E-state index in [1.54, 1.807) is 0 Å². The standard InChI is InChI=1S/2Am.3S/q;;3*-2. The Morgan fingerprint density at radius 1 is 0.400 bits per heavy atom. The van der Waals surface area contributed by atoms with Crippen LogP contribution < -0.4 is 0 Å². The van der Waals surface area contributed by atoms with Crippen LogP contribution in [0, 0.1) is 28.6 Å². The van der Waals surface area contributed by atoms with Crippen molar-refractivity contribution in [1.82, 2.24) is 0 Å². The number of hydrogen-bond donors (Lipinski definition) is 0. The van der Waals surface area contributed by atoms with E-state index in [0.29, 0.717) is 0 Å². The van der Waals surface area contributed by atoms with E-state index in [2.05, 4.69) is 0 Å². The molecule has 0 saturated carbocycles. The van der Waals surface area contributed by atoms with Gasteiger partial charge in [-0.05, 0) is 0 Å². The molecule has 0 nitrogen and oxygen atoms in total. The fraction of sp³-hybridized carbons (Fsp3) is 0. The monoisotopic (exact) mass is 578 g/mol. The maximum Gasteiger partial charge on any atom is 0 e. The third-order valence-corrected chi connectivity index (χ3v) is 0. The van der Waals surface area contributed by atoms with Crippen molar-refractivity contribution in [2.24, 2.45) is 0 Å². The molecule has 0 aliphatic rings. The first-order valence-corrected chi connectivity index (χ1v) is 0. The molecule has 0 aliphatic carbocycles. The van der Waals surface area contributed by atoms with Crippen LogP contribution >= 0.6 is 0 Å². The van der Waals surface area contributed by atoms with Crippen molar-refractivity contribution in [3.8, 4) is 0 Å². The maximum atomic E-state index is 0. The molecule has 0 aromatic heterocycles. The second kappa shape index (κ2) is 40.6. The van der Waals surface area contributed by atoms with Crippen molar-refractivity contribution in [1.29, 1.82) is 0 Å². The first kappa shape index (κ1) is 69.4. The van der Waals surface area contributed by atoms with Crippen molar-refractivity contribution < 1.29 is 28.6 Å². The van der Waals surface area contributed by atoms with E-state index in [1.807, 2.05) is 0 Å². The summed E-state index contributed by atoms with van der Waals surface area (Å²) in [5.41, 5.74) is 0. The van der Waals surface area contributed by atoms with E-state index >= 15 is 0 Å². The van der Waals surface area contributed by atoms with E-state index in [4.69, 9.17) is 0 Å². The van der Waals surface area contributed by atoms with E-state index < -0.39 is 0 Å². The summed E-state index contributed by atoms with van der Waals surface area (Å²) >= 11 is 0. The quantitative estimate of drug-likeness (QED) is 0.378. The molecular weight excluding hydrogens is 582 g/mol. The predicted octanol–water partition coefficient (Wildman–Crippen LogP) is -0.00720. The zero-order valence-corrected chi connectivity index (χ0v) is 10.7. The Hall–Kier alpha value is 1.83. The summed E-state index contributed by atoms with van der Waals surface area (Å²) in [6, 6.07) is 0. The summed E-state index contributed by atoms with van der Waals surface area (Å²) in [6.07, 6.45) is 0. The first-order valence-electron chi connectivity index (χ1n) is 0. The van der Waals surface area contributed by atoms with Gasteiger partial charge < -0.3 is 40.5 Å². The molecule has 0 spiro atoms. The average molecular weight is 582 g/mol. The van der Waals surface area contributed by atoms with Gasteiger partial charge in [-0.15, -0.1) is 0 Å². The summed E-state index contributed by atoms with van der Waals surface area (Å²) < 4.78 is 0. The van der Waals surface area contributed by atoms with Crippen LogP contribution in [0.4, 0.5) is 0 Å². The van der Waals surface area contributed by atoms with Gasteiger partial charge in [-0.2, -0.15) is 0 Å². The molecule has 0 unspecified atom stereocenters. The Kier molecular flexibility index (Phi) is 564. The van der Waals surface area contributed by atoms with Crippen LogP contribution in [0.2, 0.25) is 0 Å². The molecule has 5 heavy (non-hydrogen) atoms. The van der Waals surface area contributed by atoms with Gasteiger partial charge in [0.25, 0.3) is 0 Å². The normalized spacial score (nSPS) is 0. The van der Waals surface area contributed by atoms with Gasteiger partial charge in [0, 0.05) is 28.6 Å². The van der Waals surface area contributed by atoms with Gasteiger partial charge in [-0.3, -0.25) is 0 Å². The Balaban J connectivity index is 0. The van der Waals surface area contributed by atoms with Gasteiger partial charge in [0.1, 0.15) is 0 Å². The van der Waals surface area contributed by atoms with Crippen LogP contribution in [-0.4, -0.2) is 0 Å². The molecule has 0 aromatic carbocycles. The minimum absolute atomic E-state index is 0. The molecule has 0 heterocycles. The third kappa shape index (κ3) is 25.5. The Morgan fingerprint density at radius 2 is 0.400 bits per heavy atom. The van der Waals surface area contributed by atoms with Gasteiger partial charge in [0.15, 0.2) is 0 Å². The summed E-state index contributed by atoms with van der Waals surface area (Å²) in [7, 11) is 0.